The molecule has 0 saturated heterocycles. The van der Waals surface area contributed by atoms with Crippen molar-refractivity contribution in [1.29, 1.82) is 0 Å². The van der Waals surface area contributed by atoms with Crippen LogP contribution in [0, 0.1) is 0 Å². The number of hydrogen-bond donors (Lipinski definition) is 0. The Morgan fingerprint density at radius 1 is 1.17 bits per heavy atom. The van der Waals surface area contributed by atoms with Crippen LogP contribution in [0.15, 0.2) is 41.4 Å². The smallest absolute Gasteiger partial charge is 0.279 e. The van der Waals surface area contributed by atoms with Gasteiger partial charge in [0.15, 0.2) is 16.3 Å². The number of aryl methyl sites for hydroxylation is 1. The van der Waals surface area contributed by atoms with E-state index in [0.29, 0.717) is 40.1 Å². The zero-order valence-corrected chi connectivity index (χ0v) is 14.4. The Morgan fingerprint density at radius 3 is 2.79 bits per heavy atom. The van der Waals surface area contributed by atoms with Crippen LogP contribution in [-0.2, 0) is 7.05 Å². The molecule has 0 fully saturated rings. The first-order valence-electron chi connectivity index (χ1n) is 7.35. The van der Waals surface area contributed by atoms with Gasteiger partial charge in [0.05, 0.1) is 10.2 Å². The monoisotopic (exact) mass is 360 g/mol. The maximum atomic E-state index is 12.5. The van der Waals surface area contributed by atoms with Crippen LogP contribution in [0.3, 0.4) is 0 Å². The number of ether oxygens (including phenoxy) is 2. The fourth-order valence-electron chi connectivity index (χ4n) is 2.54. The van der Waals surface area contributed by atoms with Crippen molar-refractivity contribution in [3.63, 3.8) is 0 Å². The lowest BCUT2D eigenvalue weighted by molar-refractivity contribution is 0.0996. The van der Waals surface area contributed by atoms with E-state index in [-0.39, 0.29) is 5.91 Å². The Bertz CT molecular complexity index is 1020. The van der Waals surface area contributed by atoms with Crippen molar-refractivity contribution in [2.45, 2.75) is 0 Å². The van der Waals surface area contributed by atoms with E-state index < -0.39 is 0 Å². The van der Waals surface area contributed by atoms with Gasteiger partial charge < -0.3 is 14.0 Å². The molecule has 7 heteroatoms. The first-order chi connectivity index (χ1) is 11.6. The van der Waals surface area contributed by atoms with Crippen molar-refractivity contribution in [2.75, 3.05) is 13.2 Å². The molecule has 3 aromatic rings. The van der Waals surface area contributed by atoms with Gasteiger partial charge in [-0.3, -0.25) is 4.79 Å². The minimum Gasteiger partial charge on any atom is -0.486 e. The van der Waals surface area contributed by atoms with E-state index in [4.69, 9.17) is 21.1 Å². The van der Waals surface area contributed by atoms with Crippen molar-refractivity contribution in [1.82, 2.24) is 4.57 Å². The van der Waals surface area contributed by atoms with Gasteiger partial charge >= 0.3 is 0 Å². The highest BCUT2D eigenvalue weighted by molar-refractivity contribution is 7.16. The van der Waals surface area contributed by atoms with Gasteiger partial charge in [0.2, 0.25) is 0 Å². The summed E-state index contributed by atoms with van der Waals surface area (Å²) in [4.78, 5) is 17.4. The molecule has 24 heavy (non-hydrogen) atoms. The molecule has 0 bridgehead atoms. The summed E-state index contributed by atoms with van der Waals surface area (Å²) in [6.45, 7) is 0.999. The largest absolute Gasteiger partial charge is 0.486 e. The molecule has 1 aromatic heterocycles. The van der Waals surface area contributed by atoms with Gasteiger partial charge in [-0.25, -0.2) is 0 Å². The van der Waals surface area contributed by atoms with Crippen LogP contribution in [0.2, 0.25) is 5.02 Å². The van der Waals surface area contributed by atoms with Crippen molar-refractivity contribution in [3.05, 3.63) is 51.8 Å². The molecule has 0 saturated carbocycles. The summed E-state index contributed by atoms with van der Waals surface area (Å²) < 4.78 is 13.8. The fraction of sp³-hybridized carbons (Fsp3) is 0.176. The Morgan fingerprint density at radius 2 is 1.96 bits per heavy atom. The standard InChI is InChI=1S/C17H13ClN2O3S/c1-20-12-4-3-11(18)9-15(12)24-17(20)19-16(21)10-2-5-13-14(8-10)23-7-6-22-13/h2-5,8-9H,6-7H2,1H3. The Hall–Kier alpha value is -2.31. The molecule has 0 unspecified atom stereocenters. The summed E-state index contributed by atoms with van der Waals surface area (Å²) >= 11 is 7.45. The quantitative estimate of drug-likeness (QED) is 0.668. The summed E-state index contributed by atoms with van der Waals surface area (Å²) in [5.74, 6) is 0.912. The number of rotatable bonds is 1. The molecular formula is C17H13ClN2O3S. The number of carbonyl (C=O) groups is 1. The zero-order valence-electron chi connectivity index (χ0n) is 12.8. The first-order valence-corrected chi connectivity index (χ1v) is 8.55. The Balaban J connectivity index is 1.75. The number of benzene rings is 2. The molecule has 0 radical (unpaired) electrons. The van der Waals surface area contributed by atoms with E-state index in [2.05, 4.69) is 4.99 Å². The molecule has 2 aromatic carbocycles. The van der Waals surface area contributed by atoms with E-state index in [9.17, 15) is 4.79 Å². The fourth-order valence-corrected chi connectivity index (χ4v) is 3.84. The average molecular weight is 361 g/mol. The van der Waals surface area contributed by atoms with Gasteiger partial charge in [-0.1, -0.05) is 22.9 Å². The van der Waals surface area contributed by atoms with Gasteiger partial charge in [-0.15, -0.1) is 0 Å². The van der Waals surface area contributed by atoms with E-state index in [1.54, 1.807) is 18.2 Å². The van der Waals surface area contributed by atoms with Crippen molar-refractivity contribution in [3.8, 4) is 11.5 Å². The molecule has 1 aliphatic rings. The van der Waals surface area contributed by atoms with E-state index in [1.165, 1.54) is 11.3 Å². The van der Waals surface area contributed by atoms with Crippen LogP contribution < -0.4 is 14.3 Å². The second-order valence-electron chi connectivity index (χ2n) is 5.33. The van der Waals surface area contributed by atoms with Crippen LogP contribution in [0.4, 0.5) is 0 Å². The Kier molecular flexibility index (Phi) is 3.78. The number of aromatic nitrogens is 1. The van der Waals surface area contributed by atoms with Crippen LogP contribution in [-0.4, -0.2) is 23.7 Å². The second kappa shape index (κ2) is 5.96. The van der Waals surface area contributed by atoms with Gasteiger partial charge in [-0.05, 0) is 36.4 Å². The number of fused-ring (bicyclic) bond motifs is 2. The van der Waals surface area contributed by atoms with E-state index in [0.717, 1.165) is 10.2 Å². The summed E-state index contributed by atoms with van der Waals surface area (Å²) in [6.07, 6.45) is 0. The van der Waals surface area contributed by atoms with Crippen LogP contribution in [0.25, 0.3) is 10.2 Å². The van der Waals surface area contributed by atoms with Crippen LogP contribution >= 0.6 is 22.9 Å². The number of hydrogen-bond acceptors (Lipinski definition) is 4. The normalized spacial score (nSPS) is 14.2. The molecule has 1 amide bonds. The lowest BCUT2D eigenvalue weighted by atomic mass is 10.2. The predicted molar refractivity (Wildman–Crippen MR) is 93.1 cm³/mol. The maximum absolute atomic E-state index is 12.5. The topological polar surface area (TPSA) is 52.8 Å². The van der Waals surface area contributed by atoms with Crippen LogP contribution in [0.1, 0.15) is 10.4 Å². The SMILES string of the molecule is Cn1c(=NC(=O)c2ccc3c(c2)OCCO3)sc2cc(Cl)ccc21. The molecule has 1 aliphatic heterocycles. The molecule has 0 spiro atoms. The maximum Gasteiger partial charge on any atom is 0.279 e. The molecule has 4 rings (SSSR count). The third-order valence-electron chi connectivity index (χ3n) is 3.76. The number of carbonyl (C=O) groups excluding carboxylic acids is 1. The number of thiazole rings is 1. The number of nitrogens with zero attached hydrogens (tertiary/aromatic N) is 2. The summed E-state index contributed by atoms with van der Waals surface area (Å²) in [7, 11) is 1.88. The highest BCUT2D eigenvalue weighted by Crippen LogP contribution is 2.31. The highest BCUT2D eigenvalue weighted by Gasteiger charge is 2.15. The van der Waals surface area contributed by atoms with Crippen molar-refractivity contribution >= 4 is 39.1 Å². The minimum absolute atomic E-state index is 0.319. The number of halogens is 1. The van der Waals surface area contributed by atoms with E-state index >= 15 is 0 Å². The molecule has 2 heterocycles. The summed E-state index contributed by atoms with van der Waals surface area (Å²) in [5, 5.41) is 0.661. The average Bonchev–Trinajstić information content (AvgIpc) is 2.89. The lowest BCUT2D eigenvalue weighted by Gasteiger charge is -2.18. The molecule has 122 valence electrons. The van der Waals surface area contributed by atoms with Gasteiger partial charge in [0, 0.05) is 17.6 Å². The zero-order chi connectivity index (χ0) is 16.7. The predicted octanol–water partition coefficient (Wildman–Crippen LogP) is 3.41. The van der Waals surface area contributed by atoms with Gasteiger partial charge in [0.1, 0.15) is 13.2 Å². The van der Waals surface area contributed by atoms with Crippen LogP contribution in [0.5, 0.6) is 11.5 Å². The molecule has 5 nitrogen and oxygen atoms in total. The third-order valence-corrected chi connectivity index (χ3v) is 5.09. The first kappa shape index (κ1) is 15.2. The molecule has 0 N–H and O–H groups in total. The lowest BCUT2D eigenvalue weighted by Crippen LogP contribution is -2.16. The second-order valence-corrected chi connectivity index (χ2v) is 6.78. The van der Waals surface area contributed by atoms with Crippen molar-refractivity contribution < 1.29 is 14.3 Å². The minimum atomic E-state index is -0.319. The number of amides is 1. The molecule has 0 aliphatic carbocycles. The molecule has 0 atom stereocenters. The summed E-state index contributed by atoms with van der Waals surface area (Å²) in [6, 6.07) is 10.7. The van der Waals surface area contributed by atoms with E-state index in [1.807, 2.05) is 29.8 Å². The summed E-state index contributed by atoms with van der Waals surface area (Å²) in [5.41, 5.74) is 1.45. The molecular weight excluding hydrogens is 348 g/mol. The van der Waals surface area contributed by atoms with Gasteiger partial charge in [0.25, 0.3) is 5.91 Å². The Labute approximate surface area is 146 Å². The third kappa shape index (κ3) is 2.68. The van der Waals surface area contributed by atoms with Crippen molar-refractivity contribution in [2.24, 2.45) is 12.0 Å². The van der Waals surface area contributed by atoms with Gasteiger partial charge in [-0.2, -0.15) is 4.99 Å². The highest BCUT2D eigenvalue weighted by atomic mass is 35.5.